The highest BCUT2D eigenvalue weighted by molar-refractivity contribution is 5.85. The SMILES string of the molecule is Cl.c1ccc(-c2cc(Cn3ccnc3-c3cn(C4CCNCC4)nn3)no2)cc1. The molecule has 0 saturated carbocycles. The Morgan fingerprint density at radius 3 is 2.79 bits per heavy atom. The second kappa shape index (κ2) is 8.59. The van der Waals surface area contributed by atoms with Gasteiger partial charge >= 0.3 is 0 Å². The standard InChI is InChI=1S/C20H21N7O.ClH/c1-2-4-15(5-3-1)19-12-16(24-28-19)13-26-11-10-22-20(26)18-14-27(25-23-18)17-6-8-21-9-7-17;/h1-5,10-12,14,17,21H,6-9,13H2;1H. The van der Waals surface area contributed by atoms with Crippen LogP contribution in [0, 0.1) is 0 Å². The largest absolute Gasteiger partial charge is 0.356 e. The fraction of sp³-hybridized carbons (Fsp3) is 0.300. The first-order chi connectivity index (χ1) is 13.9. The van der Waals surface area contributed by atoms with Crippen LogP contribution in [0.15, 0.2) is 59.5 Å². The molecule has 0 bridgehead atoms. The van der Waals surface area contributed by atoms with Gasteiger partial charge in [0.2, 0.25) is 0 Å². The minimum absolute atomic E-state index is 0. The minimum atomic E-state index is 0. The van der Waals surface area contributed by atoms with Crippen molar-refractivity contribution in [2.45, 2.75) is 25.4 Å². The molecule has 29 heavy (non-hydrogen) atoms. The van der Waals surface area contributed by atoms with E-state index in [0.717, 1.165) is 54.5 Å². The van der Waals surface area contributed by atoms with E-state index in [1.165, 1.54) is 0 Å². The zero-order chi connectivity index (χ0) is 18.8. The second-order valence-electron chi connectivity index (χ2n) is 6.99. The van der Waals surface area contributed by atoms with Gasteiger partial charge in [0, 0.05) is 24.0 Å². The van der Waals surface area contributed by atoms with Gasteiger partial charge in [0.15, 0.2) is 11.6 Å². The summed E-state index contributed by atoms with van der Waals surface area (Å²) < 4.78 is 9.50. The number of aromatic nitrogens is 6. The highest BCUT2D eigenvalue weighted by Gasteiger charge is 2.19. The molecular weight excluding hydrogens is 390 g/mol. The maximum Gasteiger partial charge on any atom is 0.167 e. The van der Waals surface area contributed by atoms with Crippen LogP contribution in [-0.4, -0.2) is 42.8 Å². The Morgan fingerprint density at radius 1 is 1.14 bits per heavy atom. The summed E-state index contributed by atoms with van der Waals surface area (Å²) in [6, 6.07) is 12.3. The first-order valence-corrected chi connectivity index (χ1v) is 9.52. The van der Waals surface area contributed by atoms with Gasteiger partial charge in [0.05, 0.1) is 18.8 Å². The van der Waals surface area contributed by atoms with E-state index in [0.29, 0.717) is 12.6 Å². The van der Waals surface area contributed by atoms with E-state index in [1.807, 2.05) is 58.0 Å². The Bertz CT molecular complexity index is 1050. The fourth-order valence-electron chi connectivity index (χ4n) is 3.60. The van der Waals surface area contributed by atoms with Gasteiger partial charge in [-0.2, -0.15) is 0 Å². The molecule has 4 heterocycles. The van der Waals surface area contributed by atoms with E-state index in [-0.39, 0.29) is 12.4 Å². The number of hydrogen-bond acceptors (Lipinski definition) is 6. The zero-order valence-corrected chi connectivity index (χ0v) is 16.6. The first kappa shape index (κ1) is 19.4. The predicted molar refractivity (Wildman–Crippen MR) is 111 cm³/mol. The molecule has 0 atom stereocenters. The number of piperidine rings is 1. The molecule has 0 radical (unpaired) electrons. The van der Waals surface area contributed by atoms with Gasteiger partial charge in [0.1, 0.15) is 11.4 Å². The minimum Gasteiger partial charge on any atom is -0.356 e. The van der Waals surface area contributed by atoms with Crippen molar-refractivity contribution in [3.8, 4) is 22.8 Å². The van der Waals surface area contributed by atoms with Crippen LogP contribution in [-0.2, 0) is 6.54 Å². The summed E-state index contributed by atoms with van der Waals surface area (Å²) in [5, 5.41) is 16.3. The molecule has 4 aromatic rings. The summed E-state index contributed by atoms with van der Waals surface area (Å²) in [5.41, 5.74) is 2.62. The molecule has 150 valence electrons. The van der Waals surface area contributed by atoms with Crippen molar-refractivity contribution in [1.29, 1.82) is 0 Å². The molecule has 5 rings (SSSR count). The monoisotopic (exact) mass is 411 g/mol. The third-order valence-corrected chi connectivity index (χ3v) is 5.09. The van der Waals surface area contributed by atoms with Crippen molar-refractivity contribution in [3.05, 3.63) is 60.7 Å². The van der Waals surface area contributed by atoms with Crippen LogP contribution in [0.4, 0.5) is 0 Å². The van der Waals surface area contributed by atoms with E-state index >= 15 is 0 Å². The normalized spacial score (nSPS) is 14.6. The Morgan fingerprint density at radius 2 is 1.97 bits per heavy atom. The number of hydrogen-bond donors (Lipinski definition) is 1. The molecule has 1 aliphatic heterocycles. The topological polar surface area (TPSA) is 86.6 Å². The van der Waals surface area contributed by atoms with Crippen molar-refractivity contribution in [1.82, 2.24) is 35.0 Å². The summed E-state index contributed by atoms with van der Waals surface area (Å²) >= 11 is 0. The zero-order valence-electron chi connectivity index (χ0n) is 15.8. The number of rotatable bonds is 5. The lowest BCUT2D eigenvalue weighted by molar-refractivity contribution is 0.337. The van der Waals surface area contributed by atoms with Crippen LogP contribution >= 0.6 is 12.4 Å². The molecular formula is C20H22ClN7O. The van der Waals surface area contributed by atoms with Crippen LogP contribution in [0.3, 0.4) is 0 Å². The van der Waals surface area contributed by atoms with Crippen LogP contribution in [0.25, 0.3) is 22.8 Å². The molecule has 1 saturated heterocycles. The van der Waals surface area contributed by atoms with Gasteiger partial charge in [-0.15, -0.1) is 17.5 Å². The summed E-state index contributed by atoms with van der Waals surface area (Å²) in [6.07, 6.45) is 7.83. The molecule has 9 heteroatoms. The highest BCUT2D eigenvalue weighted by atomic mass is 35.5. The van der Waals surface area contributed by atoms with Crippen molar-refractivity contribution in [3.63, 3.8) is 0 Å². The molecule has 0 aliphatic carbocycles. The fourth-order valence-corrected chi connectivity index (χ4v) is 3.60. The smallest absolute Gasteiger partial charge is 0.167 e. The Balaban J connectivity index is 0.00000205. The molecule has 0 amide bonds. The van der Waals surface area contributed by atoms with E-state index in [1.54, 1.807) is 6.20 Å². The maximum atomic E-state index is 5.51. The second-order valence-corrected chi connectivity index (χ2v) is 6.99. The van der Waals surface area contributed by atoms with Gasteiger partial charge < -0.3 is 14.4 Å². The van der Waals surface area contributed by atoms with Gasteiger partial charge in [-0.1, -0.05) is 40.7 Å². The van der Waals surface area contributed by atoms with Crippen molar-refractivity contribution in [2.24, 2.45) is 0 Å². The quantitative estimate of drug-likeness (QED) is 0.542. The summed E-state index contributed by atoms with van der Waals surface area (Å²) in [6.45, 7) is 2.60. The van der Waals surface area contributed by atoms with Crippen molar-refractivity contribution in [2.75, 3.05) is 13.1 Å². The van der Waals surface area contributed by atoms with Crippen LogP contribution in [0.1, 0.15) is 24.6 Å². The molecule has 0 spiro atoms. The van der Waals surface area contributed by atoms with Gasteiger partial charge in [-0.05, 0) is 25.9 Å². The lowest BCUT2D eigenvalue weighted by Crippen LogP contribution is -2.29. The third kappa shape index (κ3) is 4.08. The molecule has 3 aromatic heterocycles. The maximum absolute atomic E-state index is 5.51. The van der Waals surface area contributed by atoms with Crippen LogP contribution in [0.5, 0.6) is 0 Å². The van der Waals surface area contributed by atoms with Crippen molar-refractivity contribution < 1.29 is 4.52 Å². The summed E-state index contributed by atoms with van der Waals surface area (Å²) in [4.78, 5) is 4.48. The van der Waals surface area contributed by atoms with E-state index < -0.39 is 0 Å². The first-order valence-electron chi connectivity index (χ1n) is 9.52. The number of halogens is 1. The predicted octanol–water partition coefficient (Wildman–Crippen LogP) is 3.19. The summed E-state index contributed by atoms with van der Waals surface area (Å²) in [5.74, 6) is 1.54. The van der Waals surface area contributed by atoms with Crippen LogP contribution in [0.2, 0.25) is 0 Å². The third-order valence-electron chi connectivity index (χ3n) is 5.09. The molecule has 1 aromatic carbocycles. The molecule has 1 fully saturated rings. The Kier molecular flexibility index (Phi) is 5.73. The van der Waals surface area contributed by atoms with E-state index in [9.17, 15) is 0 Å². The van der Waals surface area contributed by atoms with E-state index in [2.05, 4.69) is 25.8 Å². The number of imidazole rings is 1. The highest BCUT2D eigenvalue weighted by Crippen LogP contribution is 2.23. The number of benzene rings is 1. The van der Waals surface area contributed by atoms with Crippen molar-refractivity contribution >= 4 is 12.4 Å². The molecule has 1 aliphatic rings. The molecule has 0 unspecified atom stereocenters. The van der Waals surface area contributed by atoms with Gasteiger partial charge in [-0.25, -0.2) is 9.67 Å². The van der Waals surface area contributed by atoms with Crippen LogP contribution < -0.4 is 5.32 Å². The van der Waals surface area contributed by atoms with Gasteiger partial charge in [0.25, 0.3) is 0 Å². The number of nitrogens with one attached hydrogen (secondary N) is 1. The molecule has 8 nitrogen and oxygen atoms in total. The molecule has 1 N–H and O–H groups in total. The van der Waals surface area contributed by atoms with E-state index in [4.69, 9.17) is 4.52 Å². The Labute approximate surface area is 174 Å². The Hall–Kier alpha value is -2.97. The average molecular weight is 412 g/mol. The average Bonchev–Trinajstić information content (AvgIpc) is 3.50. The number of nitrogens with zero attached hydrogens (tertiary/aromatic N) is 6. The lowest BCUT2D eigenvalue weighted by atomic mass is 10.1. The van der Waals surface area contributed by atoms with Gasteiger partial charge in [-0.3, -0.25) is 0 Å². The lowest BCUT2D eigenvalue weighted by Gasteiger charge is -2.22. The summed E-state index contributed by atoms with van der Waals surface area (Å²) in [7, 11) is 0.